The van der Waals surface area contributed by atoms with Crippen LogP contribution in [0.4, 0.5) is 0 Å². The molecule has 55 heavy (non-hydrogen) atoms. The van der Waals surface area contributed by atoms with Crippen molar-refractivity contribution in [2.45, 2.75) is 39.5 Å². The molecular weight excluding hydrogens is 714 g/mol. The lowest BCUT2D eigenvalue weighted by atomic mass is 10.2. The number of nitrogens with one attached hydrogen (secondary N) is 1. The first kappa shape index (κ1) is 38.8. The van der Waals surface area contributed by atoms with Crippen molar-refractivity contribution < 1.29 is 17.4 Å². The van der Waals surface area contributed by atoms with Crippen LogP contribution in [0.3, 0.4) is 0 Å². The number of hydrogen-bond donors (Lipinski definition) is 2. The number of ketones is 1. The van der Waals surface area contributed by atoms with Crippen LogP contribution in [0.25, 0.3) is 0 Å². The number of carboxylic acid groups (broad SMARTS) is 1. The first-order valence-electron chi connectivity index (χ1n) is 19.3. The van der Waals surface area contributed by atoms with Crippen molar-refractivity contribution in [2.24, 2.45) is 0 Å². The zero-order valence-corrected chi connectivity index (χ0v) is 32.5. The minimum absolute atomic E-state index is 0.128. The van der Waals surface area contributed by atoms with E-state index in [0.29, 0.717) is 18.1 Å². The third-order valence-corrected chi connectivity index (χ3v) is 16.8. The van der Waals surface area contributed by atoms with Gasteiger partial charge in [-0.3, -0.25) is 15.0 Å². The van der Waals surface area contributed by atoms with Crippen LogP contribution in [-0.4, -0.2) is 28.0 Å². The zero-order chi connectivity index (χ0) is 40.8. The van der Waals surface area contributed by atoms with Crippen molar-refractivity contribution >= 4 is 68.9 Å². The van der Waals surface area contributed by atoms with E-state index < -0.39 is 20.1 Å². The van der Waals surface area contributed by atoms with Gasteiger partial charge in [-0.2, -0.15) is 5.26 Å². The minimum atomic E-state index is -2.61. The van der Waals surface area contributed by atoms with Gasteiger partial charge in [0, 0.05) is 21.5 Å². The van der Waals surface area contributed by atoms with Crippen molar-refractivity contribution in [3.05, 3.63) is 188 Å². The van der Waals surface area contributed by atoms with Gasteiger partial charge in [0.25, 0.3) is 0 Å². The Kier molecular flexibility index (Phi) is 15.4. The molecule has 6 aromatic carbocycles. The molecular formula is C48H47N2O3P2+. The van der Waals surface area contributed by atoms with Crippen LogP contribution in [0.1, 0.15) is 42.2 Å². The molecule has 0 aliphatic rings. The van der Waals surface area contributed by atoms with E-state index in [1.54, 1.807) is 0 Å². The van der Waals surface area contributed by atoms with Gasteiger partial charge in [-0.15, -0.1) is 0 Å². The molecule has 0 aromatic heterocycles. The molecule has 0 fully saturated rings. The Morgan fingerprint density at radius 1 is 0.618 bits per heavy atom. The Balaban J connectivity index is 0.000000221. The van der Waals surface area contributed by atoms with Gasteiger partial charge < -0.3 is 5.11 Å². The molecule has 0 aliphatic carbocycles. The van der Waals surface area contributed by atoms with Crippen LogP contribution in [0, 0.1) is 16.7 Å². The van der Waals surface area contributed by atoms with E-state index in [0.717, 1.165) is 15.9 Å². The van der Waals surface area contributed by atoms with Gasteiger partial charge in [-0.25, -0.2) is 0 Å². The number of hydrogen-bond acceptors (Lipinski definition) is 4. The lowest BCUT2D eigenvalue weighted by molar-refractivity contribution is -0.137. The van der Waals surface area contributed by atoms with Crippen molar-refractivity contribution in [1.29, 1.82) is 10.7 Å². The van der Waals surface area contributed by atoms with Crippen molar-refractivity contribution in [2.75, 3.05) is 0 Å². The molecule has 0 atom stereocenters. The molecule has 0 heterocycles. The average molecular weight is 766 g/mol. The molecule has 0 spiro atoms. The summed E-state index contributed by atoms with van der Waals surface area (Å²) in [4.78, 5) is 22.9. The third kappa shape index (κ3) is 10.2. The maximum absolute atomic E-state index is 13.2. The number of carbonyl (C=O) groups is 2. The monoisotopic (exact) mass is 765 g/mol. The van der Waals surface area contributed by atoms with Gasteiger partial charge in [0.2, 0.25) is 0 Å². The molecule has 6 aromatic rings. The topological polar surface area (TPSA) is 102 Å². The zero-order valence-electron chi connectivity index (χ0n) is 32.7. The third-order valence-electron chi connectivity index (χ3n) is 8.68. The summed E-state index contributed by atoms with van der Waals surface area (Å²) in [7, 11) is -1.98. The van der Waals surface area contributed by atoms with E-state index in [4.69, 9.17) is 13.3 Å². The predicted molar refractivity (Wildman–Crippen MR) is 236 cm³/mol. The molecule has 276 valence electrons. The van der Waals surface area contributed by atoms with Crippen LogP contribution in [-0.2, 0) is 9.59 Å². The normalized spacial score (nSPS) is 11.0. The second-order valence-corrected chi connectivity index (χ2v) is 18.8. The summed E-state index contributed by atoms with van der Waals surface area (Å²) in [6.07, 6.45) is 1.28. The molecule has 0 saturated heterocycles. The lowest BCUT2D eigenvalue weighted by Crippen LogP contribution is -2.33. The highest BCUT2D eigenvalue weighted by Crippen LogP contribution is 2.56. The number of nitrogens with zero attached hydrogens (tertiary/aromatic N) is 1. The highest BCUT2D eigenvalue weighted by Gasteiger charge is 2.43. The van der Waals surface area contributed by atoms with Gasteiger partial charge >= 0.3 is 5.97 Å². The molecule has 5 nitrogen and oxygen atoms in total. The fourth-order valence-electron chi connectivity index (χ4n) is 6.30. The number of benzene rings is 6. The van der Waals surface area contributed by atoms with Gasteiger partial charge in [0.1, 0.15) is 40.4 Å². The summed E-state index contributed by atoms with van der Waals surface area (Å²) in [5, 5.41) is 32.8. The fraction of sp³-hybridized carbons (Fsp3) is 0.125. The Labute approximate surface area is 329 Å². The molecule has 0 unspecified atom stereocenters. The van der Waals surface area contributed by atoms with Gasteiger partial charge in [-0.1, -0.05) is 159 Å². The molecule has 0 aliphatic heterocycles. The van der Waals surface area contributed by atoms with Gasteiger partial charge in [0.15, 0.2) is 5.78 Å². The van der Waals surface area contributed by atoms with Crippen LogP contribution >= 0.6 is 14.1 Å². The second kappa shape index (κ2) is 21.7. The molecule has 0 radical (unpaired) electrons. The molecule has 0 saturated carbocycles. The molecule has 2 N–H and O–H groups in total. The minimum Gasteiger partial charge on any atom is -0.481 e. The Morgan fingerprint density at radius 2 is 0.945 bits per heavy atom. The lowest BCUT2D eigenvalue weighted by Gasteiger charge is -2.30. The van der Waals surface area contributed by atoms with Crippen molar-refractivity contribution in [3.8, 4) is 6.07 Å². The largest absolute Gasteiger partial charge is 0.481 e. The number of nitriles is 1. The summed E-state index contributed by atoms with van der Waals surface area (Å²) in [6, 6.07) is 63.4. The standard InChI is InChI=1S/C24H22NOP.C20H17NP.C4H8O2/c1-2-12-23(26)24(19-25)27(20-13-6-3-7-14-20,21-15-8-4-9-16-21)22-17-10-5-11-18-22;21-16-17-22(18-10-4-1-5-11-18,19-12-6-2-7-13-19)20-14-8-3-9-15-20;1-2-3-4(5)6/h3-11,13-18H,2,12H2,1H3;1-15,17,21H;2-3H2,1H3,(H,5,6)/q;+1;/i1T;;1T. The van der Waals surface area contributed by atoms with Crippen molar-refractivity contribution in [3.63, 3.8) is 0 Å². The number of rotatable bonds is 12. The summed E-state index contributed by atoms with van der Waals surface area (Å²) < 4.78 is 13.9. The summed E-state index contributed by atoms with van der Waals surface area (Å²) >= 11 is 0. The summed E-state index contributed by atoms with van der Waals surface area (Å²) in [6.45, 7) is -2.22. The Bertz CT molecular complexity index is 2080. The molecule has 0 bridgehead atoms. The average Bonchev–Trinajstić information content (AvgIpc) is 3.28. The van der Waals surface area contributed by atoms with Crippen molar-refractivity contribution in [1.82, 2.24) is 0 Å². The number of carboxylic acids is 1. The Morgan fingerprint density at radius 3 is 1.22 bits per heavy atom. The van der Waals surface area contributed by atoms with E-state index in [9.17, 15) is 14.9 Å². The number of Topliss-reactive ketones (excluding diaryl/α,β-unsaturated/α-hetero) is 1. The maximum Gasteiger partial charge on any atom is 0.303 e. The first-order valence-corrected chi connectivity index (χ1v) is 21.5. The number of aliphatic carboxylic acids is 1. The van der Waals surface area contributed by atoms with Crippen LogP contribution in [0.2, 0.25) is 0 Å². The quantitative estimate of drug-likeness (QED) is 0.0962. The van der Waals surface area contributed by atoms with Crippen LogP contribution < -0.4 is 31.8 Å². The van der Waals surface area contributed by atoms with Gasteiger partial charge in [0.05, 0.1) is 0 Å². The highest BCUT2D eigenvalue weighted by molar-refractivity contribution is 7.98. The van der Waals surface area contributed by atoms with E-state index in [2.05, 4.69) is 84.7 Å². The molecule has 6 rings (SSSR count). The Hall–Kier alpha value is -5.87. The summed E-state index contributed by atoms with van der Waals surface area (Å²) in [5.41, 5.74) is 0. The molecule has 7 heteroatoms. The SMILES string of the molecule is N=C=C[P+](c1ccccc1)(c1ccccc1)c1ccccc1.[3H]CCCC(=O)C(C#N)=P(c1ccccc1)(c1ccccc1)c1ccccc1.[3H]CCCC(=O)O. The number of carbonyl (C=O) groups excluding carboxylic acids is 1. The van der Waals surface area contributed by atoms with Crippen LogP contribution in [0.15, 0.2) is 188 Å². The first-order chi connectivity index (χ1) is 27.9. The van der Waals surface area contributed by atoms with E-state index >= 15 is 0 Å². The van der Waals surface area contributed by atoms with E-state index in [1.807, 2.05) is 115 Å². The van der Waals surface area contributed by atoms with E-state index in [-0.39, 0.29) is 32.4 Å². The van der Waals surface area contributed by atoms with Crippen LogP contribution in [0.5, 0.6) is 0 Å². The highest BCUT2D eigenvalue weighted by atomic mass is 31.2. The fourth-order valence-corrected chi connectivity index (χ4v) is 13.9. The molecule has 0 amide bonds. The second-order valence-electron chi connectivity index (χ2n) is 12.2. The predicted octanol–water partition coefficient (Wildman–Crippen LogP) is 8.66. The van der Waals surface area contributed by atoms with E-state index in [1.165, 1.54) is 15.9 Å². The summed E-state index contributed by atoms with van der Waals surface area (Å²) in [5.74, 6) is 3.56. The van der Waals surface area contributed by atoms with Gasteiger partial charge in [-0.05, 0) is 72.0 Å². The maximum atomic E-state index is 13.2. The smallest absolute Gasteiger partial charge is 0.303 e.